The first-order chi connectivity index (χ1) is 12.2. The molecule has 0 unspecified atom stereocenters. The third-order valence-corrected chi connectivity index (χ3v) is 4.23. The van der Waals surface area contributed by atoms with Gasteiger partial charge < -0.3 is 16.2 Å². The predicted molar refractivity (Wildman–Crippen MR) is 105 cm³/mol. The summed E-state index contributed by atoms with van der Waals surface area (Å²) in [6, 6.07) is 6.84. The predicted octanol–water partition coefficient (Wildman–Crippen LogP) is 4.38. The number of unbranched alkanes of at least 4 members (excludes halogenated alkanes) is 9. The van der Waals surface area contributed by atoms with E-state index in [4.69, 9.17) is 5.73 Å². The number of phenols is 1. The summed E-state index contributed by atoms with van der Waals surface area (Å²) >= 11 is 0. The van der Waals surface area contributed by atoms with Crippen molar-refractivity contribution in [1.82, 2.24) is 5.32 Å². The first-order valence-corrected chi connectivity index (χ1v) is 9.67. The SMILES string of the molecule is NCCCCCCCCCCCCNC(=O)/C=C/c1cccc(O)c1. The molecular weight excluding hydrogens is 312 g/mol. The molecule has 4 N–H and O–H groups in total. The number of carbonyl (C=O) groups is 1. The van der Waals surface area contributed by atoms with Crippen molar-refractivity contribution in [2.45, 2.75) is 64.2 Å². The molecule has 25 heavy (non-hydrogen) atoms. The highest BCUT2D eigenvalue weighted by atomic mass is 16.3. The highest BCUT2D eigenvalue weighted by Crippen LogP contribution is 2.12. The molecule has 140 valence electrons. The van der Waals surface area contributed by atoms with E-state index >= 15 is 0 Å². The third-order valence-electron chi connectivity index (χ3n) is 4.23. The van der Waals surface area contributed by atoms with E-state index < -0.39 is 0 Å². The smallest absolute Gasteiger partial charge is 0.243 e. The summed E-state index contributed by atoms with van der Waals surface area (Å²) in [5, 5.41) is 12.3. The van der Waals surface area contributed by atoms with Crippen LogP contribution in [0.5, 0.6) is 5.75 Å². The number of hydrogen-bond donors (Lipinski definition) is 3. The Morgan fingerprint density at radius 2 is 1.56 bits per heavy atom. The number of carbonyl (C=O) groups excluding carboxylic acids is 1. The number of nitrogens with one attached hydrogen (secondary N) is 1. The van der Waals surface area contributed by atoms with Gasteiger partial charge in [0.05, 0.1) is 0 Å². The van der Waals surface area contributed by atoms with E-state index in [1.165, 1.54) is 57.4 Å². The van der Waals surface area contributed by atoms with Gasteiger partial charge in [-0.25, -0.2) is 0 Å². The van der Waals surface area contributed by atoms with Crippen molar-refractivity contribution in [3.8, 4) is 5.75 Å². The lowest BCUT2D eigenvalue weighted by Crippen LogP contribution is -2.21. The summed E-state index contributed by atoms with van der Waals surface area (Å²) in [6.07, 6.45) is 15.7. The van der Waals surface area contributed by atoms with Gasteiger partial charge in [-0.3, -0.25) is 4.79 Å². The Balaban J connectivity index is 1.93. The minimum Gasteiger partial charge on any atom is -0.508 e. The number of rotatable bonds is 14. The second kappa shape index (κ2) is 14.5. The molecule has 1 amide bonds. The van der Waals surface area contributed by atoms with Gasteiger partial charge >= 0.3 is 0 Å². The highest BCUT2D eigenvalue weighted by Gasteiger charge is 1.97. The molecule has 1 aromatic rings. The van der Waals surface area contributed by atoms with Gasteiger partial charge in [-0.15, -0.1) is 0 Å². The fraction of sp³-hybridized carbons (Fsp3) is 0.571. The normalized spacial score (nSPS) is 11.1. The Labute approximate surface area is 152 Å². The first-order valence-electron chi connectivity index (χ1n) is 9.67. The Morgan fingerprint density at radius 1 is 0.960 bits per heavy atom. The number of amides is 1. The average Bonchev–Trinajstić information content (AvgIpc) is 2.61. The van der Waals surface area contributed by atoms with Gasteiger partial charge in [0.2, 0.25) is 5.91 Å². The zero-order chi connectivity index (χ0) is 18.2. The van der Waals surface area contributed by atoms with Crippen LogP contribution in [-0.2, 0) is 4.79 Å². The molecular formula is C21H34N2O2. The number of hydrogen-bond acceptors (Lipinski definition) is 3. The fourth-order valence-corrected chi connectivity index (χ4v) is 2.75. The van der Waals surface area contributed by atoms with Crippen LogP contribution in [0.2, 0.25) is 0 Å². The maximum Gasteiger partial charge on any atom is 0.243 e. The molecule has 4 nitrogen and oxygen atoms in total. The fourth-order valence-electron chi connectivity index (χ4n) is 2.75. The van der Waals surface area contributed by atoms with Gasteiger partial charge in [-0.1, -0.05) is 63.5 Å². The third kappa shape index (κ3) is 12.2. The van der Waals surface area contributed by atoms with E-state index in [2.05, 4.69) is 5.32 Å². The van der Waals surface area contributed by atoms with Crippen LogP contribution in [-0.4, -0.2) is 24.1 Å². The van der Waals surface area contributed by atoms with E-state index in [1.807, 2.05) is 6.07 Å². The molecule has 0 spiro atoms. The largest absolute Gasteiger partial charge is 0.508 e. The Morgan fingerprint density at radius 3 is 2.16 bits per heavy atom. The quantitative estimate of drug-likeness (QED) is 0.345. The Hall–Kier alpha value is -1.81. The average molecular weight is 347 g/mol. The molecule has 0 atom stereocenters. The molecule has 0 aliphatic heterocycles. The summed E-state index contributed by atoms with van der Waals surface area (Å²) in [7, 11) is 0. The Bertz CT molecular complexity index is 500. The minimum atomic E-state index is -0.0826. The number of aromatic hydroxyl groups is 1. The highest BCUT2D eigenvalue weighted by molar-refractivity contribution is 5.91. The summed E-state index contributed by atoms with van der Waals surface area (Å²) in [6.45, 7) is 1.55. The zero-order valence-corrected chi connectivity index (χ0v) is 15.4. The van der Waals surface area contributed by atoms with E-state index in [0.717, 1.165) is 31.5 Å². The lowest BCUT2D eigenvalue weighted by molar-refractivity contribution is -0.116. The molecule has 0 radical (unpaired) electrons. The van der Waals surface area contributed by atoms with Crippen molar-refractivity contribution in [3.63, 3.8) is 0 Å². The Kier molecular flexibility index (Phi) is 12.3. The van der Waals surface area contributed by atoms with Gasteiger partial charge in [0.1, 0.15) is 5.75 Å². The van der Waals surface area contributed by atoms with Crippen LogP contribution >= 0.6 is 0 Å². The van der Waals surface area contributed by atoms with Crippen molar-refractivity contribution in [2.24, 2.45) is 5.73 Å². The van der Waals surface area contributed by atoms with Crippen LogP contribution in [0.4, 0.5) is 0 Å². The lowest BCUT2D eigenvalue weighted by atomic mass is 10.1. The summed E-state index contributed by atoms with van der Waals surface area (Å²) < 4.78 is 0. The molecule has 4 heteroatoms. The lowest BCUT2D eigenvalue weighted by Gasteiger charge is -2.03. The van der Waals surface area contributed by atoms with E-state index in [-0.39, 0.29) is 11.7 Å². The second-order valence-electron chi connectivity index (χ2n) is 6.54. The number of nitrogens with two attached hydrogens (primary N) is 1. The molecule has 0 aromatic heterocycles. The standard InChI is InChI=1S/C21H34N2O2/c22-16-9-7-5-3-1-2-4-6-8-10-17-23-21(25)15-14-19-12-11-13-20(24)18-19/h11-15,18,24H,1-10,16-17,22H2,(H,23,25)/b15-14+. The maximum atomic E-state index is 11.7. The summed E-state index contributed by atoms with van der Waals surface area (Å²) in [5.74, 6) is 0.124. The van der Waals surface area contributed by atoms with Crippen LogP contribution in [0.1, 0.15) is 69.8 Å². The summed E-state index contributed by atoms with van der Waals surface area (Å²) in [4.78, 5) is 11.7. The van der Waals surface area contributed by atoms with Crippen molar-refractivity contribution in [1.29, 1.82) is 0 Å². The van der Waals surface area contributed by atoms with Crippen molar-refractivity contribution >= 4 is 12.0 Å². The van der Waals surface area contributed by atoms with Gasteiger partial charge in [0.25, 0.3) is 0 Å². The van der Waals surface area contributed by atoms with Gasteiger partial charge in [0.15, 0.2) is 0 Å². The second-order valence-corrected chi connectivity index (χ2v) is 6.54. The molecule has 0 aliphatic carbocycles. The number of phenolic OH excluding ortho intramolecular Hbond substituents is 1. The van der Waals surface area contributed by atoms with Crippen LogP contribution < -0.4 is 11.1 Å². The molecule has 1 rings (SSSR count). The van der Waals surface area contributed by atoms with Gasteiger partial charge in [-0.2, -0.15) is 0 Å². The molecule has 0 fully saturated rings. The zero-order valence-electron chi connectivity index (χ0n) is 15.4. The number of benzene rings is 1. The van der Waals surface area contributed by atoms with Crippen LogP contribution in [0.25, 0.3) is 6.08 Å². The molecule has 1 aromatic carbocycles. The molecule has 0 heterocycles. The van der Waals surface area contributed by atoms with Gasteiger partial charge in [-0.05, 0) is 43.2 Å². The molecule has 0 bridgehead atoms. The first kappa shape index (κ1) is 21.2. The molecule has 0 saturated carbocycles. The van der Waals surface area contributed by atoms with Crippen molar-refractivity contribution in [2.75, 3.05) is 13.1 Å². The molecule has 0 saturated heterocycles. The van der Waals surface area contributed by atoms with Crippen LogP contribution in [0, 0.1) is 0 Å². The molecule has 0 aliphatic rings. The minimum absolute atomic E-state index is 0.0826. The van der Waals surface area contributed by atoms with Gasteiger partial charge in [0, 0.05) is 12.6 Å². The van der Waals surface area contributed by atoms with Crippen molar-refractivity contribution < 1.29 is 9.90 Å². The van der Waals surface area contributed by atoms with Crippen LogP contribution in [0.3, 0.4) is 0 Å². The monoisotopic (exact) mass is 346 g/mol. The maximum absolute atomic E-state index is 11.7. The van der Waals surface area contributed by atoms with E-state index in [9.17, 15) is 9.90 Å². The topological polar surface area (TPSA) is 75.3 Å². The van der Waals surface area contributed by atoms with E-state index in [0.29, 0.717) is 0 Å². The van der Waals surface area contributed by atoms with Crippen LogP contribution in [0.15, 0.2) is 30.3 Å². The van der Waals surface area contributed by atoms with E-state index in [1.54, 1.807) is 24.3 Å². The van der Waals surface area contributed by atoms with Crippen molar-refractivity contribution in [3.05, 3.63) is 35.9 Å². The summed E-state index contributed by atoms with van der Waals surface area (Å²) in [5.41, 5.74) is 6.30.